The molecule has 3 aromatic rings. The molecular weight excluding hydrogens is 393 g/mol. The van der Waals surface area contributed by atoms with Gasteiger partial charge < -0.3 is 10.1 Å². The predicted molar refractivity (Wildman–Crippen MR) is 109 cm³/mol. The maximum Gasteiger partial charge on any atom is 0.304 e. The van der Waals surface area contributed by atoms with Crippen molar-refractivity contribution in [1.82, 2.24) is 13.6 Å². The molecule has 2 aliphatic heterocycles. The van der Waals surface area contributed by atoms with Crippen LogP contribution in [-0.4, -0.2) is 40.2 Å². The van der Waals surface area contributed by atoms with Crippen LogP contribution >= 0.6 is 0 Å². The van der Waals surface area contributed by atoms with Crippen molar-refractivity contribution in [3.05, 3.63) is 71.3 Å². The summed E-state index contributed by atoms with van der Waals surface area (Å²) in [5, 5.41) is 10.9. The summed E-state index contributed by atoms with van der Waals surface area (Å²) >= 11 is 0. The number of H-pyrrole nitrogens is 1. The van der Waals surface area contributed by atoms with Gasteiger partial charge >= 0.3 is 10.2 Å². The first-order valence-corrected chi connectivity index (χ1v) is 10.9. The molecule has 29 heavy (non-hydrogen) atoms. The van der Waals surface area contributed by atoms with Crippen molar-refractivity contribution < 1.29 is 17.9 Å². The zero-order valence-electron chi connectivity index (χ0n) is 15.5. The largest absolute Gasteiger partial charge is 0.506 e. The molecule has 2 aromatic carbocycles. The van der Waals surface area contributed by atoms with Gasteiger partial charge in [0.05, 0.1) is 11.6 Å². The van der Waals surface area contributed by atoms with Crippen LogP contribution < -0.4 is 0 Å². The third-order valence-corrected chi connectivity index (χ3v) is 7.56. The van der Waals surface area contributed by atoms with Gasteiger partial charge in [-0.25, -0.2) is 4.39 Å². The van der Waals surface area contributed by atoms with Crippen molar-refractivity contribution in [2.24, 2.45) is 0 Å². The number of aromatic nitrogens is 1. The number of halogens is 1. The van der Waals surface area contributed by atoms with E-state index < -0.39 is 16.3 Å². The summed E-state index contributed by atoms with van der Waals surface area (Å²) in [5.74, 6) is -0.284. The van der Waals surface area contributed by atoms with Gasteiger partial charge in [-0.05, 0) is 48.2 Å². The minimum Gasteiger partial charge on any atom is -0.506 e. The van der Waals surface area contributed by atoms with Crippen LogP contribution in [0.5, 0.6) is 5.75 Å². The van der Waals surface area contributed by atoms with E-state index >= 15 is 0 Å². The standard InChI is InChI=1S/C21H20FN3O3S/c22-15-6-7-16-14(12-15)8-11-25(29(27,28)24-9-1-2-10-24)21(16)18-13-23-20-17(18)4-3-5-19(20)26/h3-8,11-13,21,23,26H,1-2,9-10H2. The number of nitrogens with zero attached hydrogens (tertiary/aromatic N) is 2. The average Bonchev–Trinajstić information content (AvgIpc) is 3.38. The molecule has 6 nitrogen and oxygen atoms in total. The van der Waals surface area contributed by atoms with Crippen LogP contribution in [0.15, 0.2) is 48.8 Å². The molecule has 2 N–H and O–H groups in total. The lowest BCUT2D eigenvalue weighted by Crippen LogP contribution is -2.42. The number of hydrogen-bond donors (Lipinski definition) is 2. The molecule has 5 rings (SSSR count). The first-order valence-electron chi connectivity index (χ1n) is 9.52. The van der Waals surface area contributed by atoms with E-state index in [4.69, 9.17) is 0 Å². The fourth-order valence-electron chi connectivity index (χ4n) is 4.27. The van der Waals surface area contributed by atoms with Gasteiger partial charge in [0.25, 0.3) is 0 Å². The second-order valence-electron chi connectivity index (χ2n) is 7.38. The highest BCUT2D eigenvalue weighted by atomic mass is 32.2. The van der Waals surface area contributed by atoms with Crippen LogP contribution in [0.1, 0.15) is 35.6 Å². The zero-order valence-corrected chi connectivity index (χ0v) is 16.4. The van der Waals surface area contributed by atoms with Gasteiger partial charge in [-0.1, -0.05) is 18.2 Å². The quantitative estimate of drug-likeness (QED) is 0.687. The van der Waals surface area contributed by atoms with E-state index in [0.717, 1.165) is 18.2 Å². The molecule has 2 aliphatic rings. The smallest absolute Gasteiger partial charge is 0.304 e. The van der Waals surface area contributed by atoms with Crippen molar-refractivity contribution >= 4 is 27.2 Å². The predicted octanol–water partition coefficient (Wildman–Crippen LogP) is 3.73. The van der Waals surface area contributed by atoms with Crippen molar-refractivity contribution in [3.63, 3.8) is 0 Å². The molecule has 0 aliphatic carbocycles. The number of benzene rings is 2. The highest BCUT2D eigenvalue weighted by Crippen LogP contribution is 2.42. The highest BCUT2D eigenvalue weighted by Gasteiger charge is 2.39. The van der Waals surface area contributed by atoms with E-state index in [-0.39, 0.29) is 11.6 Å². The van der Waals surface area contributed by atoms with E-state index in [1.165, 1.54) is 26.9 Å². The number of aromatic amines is 1. The van der Waals surface area contributed by atoms with Crippen LogP contribution in [0.2, 0.25) is 0 Å². The molecule has 0 bridgehead atoms. The Morgan fingerprint density at radius 3 is 2.69 bits per heavy atom. The zero-order chi connectivity index (χ0) is 20.2. The maximum atomic E-state index is 13.8. The van der Waals surface area contributed by atoms with Gasteiger partial charge in [0.1, 0.15) is 11.6 Å². The molecule has 8 heteroatoms. The van der Waals surface area contributed by atoms with E-state index in [0.29, 0.717) is 35.3 Å². The van der Waals surface area contributed by atoms with E-state index in [9.17, 15) is 17.9 Å². The fraction of sp³-hybridized carbons (Fsp3) is 0.238. The van der Waals surface area contributed by atoms with Crippen molar-refractivity contribution in [2.75, 3.05) is 13.1 Å². The van der Waals surface area contributed by atoms with E-state index in [1.807, 2.05) is 6.07 Å². The Hall–Kier alpha value is -2.84. The highest BCUT2D eigenvalue weighted by molar-refractivity contribution is 7.86. The third-order valence-electron chi connectivity index (χ3n) is 5.68. The summed E-state index contributed by atoms with van der Waals surface area (Å²) < 4.78 is 43.6. The van der Waals surface area contributed by atoms with Crippen LogP contribution in [0.3, 0.4) is 0 Å². The third kappa shape index (κ3) is 2.82. The van der Waals surface area contributed by atoms with Crippen LogP contribution in [0.25, 0.3) is 17.0 Å². The van der Waals surface area contributed by atoms with E-state index in [1.54, 1.807) is 30.5 Å². The summed E-state index contributed by atoms with van der Waals surface area (Å²) in [5.41, 5.74) is 2.58. The molecule has 150 valence electrons. The Bertz CT molecular complexity index is 1230. The SMILES string of the molecule is O=S(=O)(N1CCCC1)N1C=Cc2cc(F)ccc2C1c1c[nH]c2c(O)cccc12. The fourth-order valence-corrected chi connectivity index (χ4v) is 5.96. The second kappa shape index (κ2) is 6.60. The maximum absolute atomic E-state index is 13.8. The number of phenols is 1. The molecule has 1 aromatic heterocycles. The second-order valence-corrected chi connectivity index (χ2v) is 9.21. The number of para-hydroxylation sites is 1. The van der Waals surface area contributed by atoms with E-state index in [2.05, 4.69) is 4.98 Å². The van der Waals surface area contributed by atoms with Gasteiger partial charge in [-0.3, -0.25) is 4.31 Å². The number of hydrogen-bond acceptors (Lipinski definition) is 3. The molecule has 1 saturated heterocycles. The summed E-state index contributed by atoms with van der Waals surface area (Å²) in [6.07, 6.45) is 6.54. The van der Waals surface area contributed by atoms with Crippen molar-refractivity contribution in [1.29, 1.82) is 0 Å². The first-order chi connectivity index (χ1) is 14.0. The van der Waals surface area contributed by atoms with Gasteiger partial charge in [0.15, 0.2) is 0 Å². The average molecular weight is 413 g/mol. The van der Waals surface area contributed by atoms with Crippen molar-refractivity contribution in [2.45, 2.75) is 18.9 Å². The topological polar surface area (TPSA) is 76.6 Å². The van der Waals surface area contributed by atoms with Gasteiger partial charge in [-0.15, -0.1) is 0 Å². The lowest BCUT2D eigenvalue weighted by molar-refractivity contribution is 0.384. The Labute approximate surface area is 168 Å². The first kappa shape index (κ1) is 18.2. The number of rotatable bonds is 3. The summed E-state index contributed by atoms with van der Waals surface area (Å²) in [6.45, 7) is 0.981. The van der Waals surface area contributed by atoms with Crippen LogP contribution in [-0.2, 0) is 10.2 Å². The lowest BCUT2D eigenvalue weighted by atomic mass is 9.92. The van der Waals surface area contributed by atoms with Crippen LogP contribution in [0, 0.1) is 5.82 Å². The molecule has 0 amide bonds. The number of aromatic hydroxyl groups is 1. The molecule has 1 atom stereocenters. The Balaban J connectivity index is 1.73. The minimum absolute atomic E-state index is 0.0911. The summed E-state index contributed by atoms with van der Waals surface area (Å²) in [6, 6.07) is 8.85. The molecule has 0 spiro atoms. The number of phenolic OH excluding ortho intramolecular Hbond substituents is 1. The van der Waals surface area contributed by atoms with Gasteiger partial charge in [-0.2, -0.15) is 12.7 Å². The van der Waals surface area contributed by atoms with Crippen LogP contribution in [0.4, 0.5) is 4.39 Å². The minimum atomic E-state index is -3.76. The Morgan fingerprint density at radius 2 is 1.90 bits per heavy atom. The lowest BCUT2D eigenvalue weighted by Gasteiger charge is -2.36. The summed E-state index contributed by atoms with van der Waals surface area (Å²) in [7, 11) is -3.76. The molecule has 0 radical (unpaired) electrons. The Morgan fingerprint density at radius 1 is 1.10 bits per heavy atom. The number of nitrogens with one attached hydrogen (secondary N) is 1. The van der Waals surface area contributed by atoms with Gasteiger partial charge in [0.2, 0.25) is 0 Å². The molecule has 1 fully saturated rings. The normalized spacial score (nSPS) is 19.8. The molecule has 0 saturated carbocycles. The van der Waals surface area contributed by atoms with Crippen molar-refractivity contribution in [3.8, 4) is 5.75 Å². The monoisotopic (exact) mass is 413 g/mol. The summed E-state index contributed by atoms with van der Waals surface area (Å²) in [4.78, 5) is 3.05. The van der Waals surface area contributed by atoms with Gasteiger partial charge in [0, 0.05) is 36.4 Å². The molecular formula is C21H20FN3O3S. The molecule has 3 heterocycles. The Kier molecular flexibility index (Phi) is 4.15. The number of fused-ring (bicyclic) bond motifs is 2. The molecule has 1 unspecified atom stereocenters.